The molecule has 98 valence electrons. The van der Waals surface area contributed by atoms with Gasteiger partial charge in [-0.25, -0.2) is 4.98 Å². The third kappa shape index (κ3) is 2.53. The summed E-state index contributed by atoms with van der Waals surface area (Å²) in [6.07, 6.45) is 0. The molecule has 18 heavy (non-hydrogen) atoms. The Morgan fingerprint density at radius 3 is 2.78 bits per heavy atom. The van der Waals surface area contributed by atoms with Crippen molar-refractivity contribution in [2.24, 2.45) is 0 Å². The first-order valence-corrected chi connectivity index (χ1v) is 5.86. The average Bonchev–Trinajstić information content (AvgIpc) is 2.46. The minimum absolute atomic E-state index is 0.0840. The molecule has 0 aromatic carbocycles. The minimum Gasteiger partial charge on any atom is -0.480 e. The molecule has 1 N–H and O–H groups in total. The van der Waals surface area contributed by atoms with Gasteiger partial charge in [-0.2, -0.15) is 0 Å². The zero-order valence-corrected chi connectivity index (χ0v) is 10.6. The first-order chi connectivity index (χ1) is 8.76. The molecule has 1 aromatic heterocycles. The van der Waals surface area contributed by atoms with Gasteiger partial charge in [0.05, 0.1) is 26.0 Å². The van der Waals surface area contributed by atoms with E-state index in [4.69, 9.17) is 9.47 Å². The summed E-state index contributed by atoms with van der Waals surface area (Å²) in [5.74, 6) is 0.343. The topological polar surface area (TPSA) is 63.7 Å². The molecule has 2 heterocycles. The Morgan fingerprint density at radius 2 is 2.17 bits per heavy atom. The molecule has 0 unspecified atom stereocenters. The second-order valence-corrected chi connectivity index (χ2v) is 3.91. The molecule has 6 nitrogen and oxygen atoms in total. The number of morpholine rings is 1. The van der Waals surface area contributed by atoms with Crippen molar-refractivity contribution in [1.82, 2.24) is 9.88 Å². The highest BCUT2D eigenvalue weighted by Gasteiger charge is 2.20. The minimum atomic E-state index is -0.0840. The van der Waals surface area contributed by atoms with E-state index >= 15 is 0 Å². The predicted octanol–water partition coefficient (Wildman–Crippen LogP) is 0.604. The van der Waals surface area contributed by atoms with Gasteiger partial charge in [0.25, 0.3) is 5.91 Å². The summed E-state index contributed by atoms with van der Waals surface area (Å²) in [4.78, 5) is 18.2. The molecule has 1 aliphatic heterocycles. The van der Waals surface area contributed by atoms with Crippen LogP contribution in [0.25, 0.3) is 0 Å². The lowest BCUT2D eigenvalue weighted by atomic mass is 10.2. The van der Waals surface area contributed by atoms with Gasteiger partial charge < -0.3 is 19.7 Å². The zero-order valence-electron chi connectivity index (χ0n) is 10.6. The van der Waals surface area contributed by atoms with E-state index in [0.717, 1.165) is 5.69 Å². The third-order valence-corrected chi connectivity index (χ3v) is 2.84. The SMILES string of the molecule is CNc1ccc(C(=O)N2CCOCC2)nc1OC. The van der Waals surface area contributed by atoms with Crippen LogP contribution in [-0.2, 0) is 4.74 Å². The number of carbonyl (C=O) groups excluding carboxylic acids is 1. The van der Waals surface area contributed by atoms with Gasteiger partial charge in [-0.05, 0) is 12.1 Å². The Bertz CT molecular complexity index is 431. The van der Waals surface area contributed by atoms with Gasteiger partial charge in [0, 0.05) is 20.1 Å². The van der Waals surface area contributed by atoms with E-state index < -0.39 is 0 Å². The van der Waals surface area contributed by atoms with Gasteiger partial charge in [0.2, 0.25) is 5.88 Å². The van der Waals surface area contributed by atoms with Crippen LogP contribution in [-0.4, -0.2) is 56.3 Å². The predicted molar refractivity (Wildman–Crippen MR) is 67.1 cm³/mol. The standard InChI is InChI=1S/C12H17N3O3/c1-13-9-3-4-10(14-11(9)17-2)12(16)15-5-7-18-8-6-15/h3-4,13H,5-8H2,1-2H3. The van der Waals surface area contributed by atoms with Crippen molar-refractivity contribution < 1.29 is 14.3 Å². The Labute approximate surface area is 106 Å². The van der Waals surface area contributed by atoms with Crippen LogP contribution in [0, 0.1) is 0 Å². The van der Waals surface area contributed by atoms with E-state index in [2.05, 4.69) is 10.3 Å². The van der Waals surface area contributed by atoms with E-state index in [9.17, 15) is 4.79 Å². The summed E-state index contributed by atoms with van der Waals surface area (Å²) in [6.45, 7) is 2.38. The number of amides is 1. The Kier molecular flexibility index (Phi) is 3.99. The van der Waals surface area contributed by atoms with Gasteiger partial charge in [0.15, 0.2) is 0 Å². The van der Waals surface area contributed by atoms with Crippen molar-refractivity contribution in [3.05, 3.63) is 17.8 Å². The highest BCUT2D eigenvalue weighted by Crippen LogP contribution is 2.21. The molecule has 1 saturated heterocycles. The summed E-state index contributed by atoms with van der Waals surface area (Å²) in [5, 5.41) is 2.96. The average molecular weight is 251 g/mol. The van der Waals surface area contributed by atoms with E-state index in [1.807, 2.05) is 0 Å². The van der Waals surface area contributed by atoms with Gasteiger partial charge in [-0.1, -0.05) is 0 Å². The van der Waals surface area contributed by atoms with Gasteiger partial charge in [-0.15, -0.1) is 0 Å². The first-order valence-electron chi connectivity index (χ1n) is 5.86. The smallest absolute Gasteiger partial charge is 0.272 e. The van der Waals surface area contributed by atoms with Crippen LogP contribution in [0.15, 0.2) is 12.1 Å². The molecular weight excluding hydrogens is 234 g/mol. The molecule has 6 heteroatoms. The number of methoxy groups -OCH3 is 1. The number of hydrogen-bond acceptors (Lipinski definition) is 5. The Hall–Kier alpha value is -1.82. The molecule has 0 saturated carbocycles. The molecule has 0 bridgehead atoms. The highest BCUT2D eigenvalue weighted by atomic mass is 16.5. The van der Waals surface area contributed by atoms with Gasteiger partial charge in [0.1, 0.15) is 5.69 Å². The lowest BCUT2D eigenvalue weighted by Crippen LogP contribution is -2.41. The third-order valence-electron chi connectivity index (χ3n) is 2.84. The second-order valence-electron chi connectivity index (χ2n) is 3.91. The maximum Gasteiger partial charge on any atom is 0.272 e. The van der Waals surface area contributed by atoms with Crippen molar-refractivity contribution >= 4 is 11.6 Å². The monoisotopic (exact) mass is 251 g/mol. The lowest BCUT2D eigenvalue weighted by Gasteiger charge is -2.26. The fourth-order valence-corrected chi connectivity index (χ4v) is 1.83. The summed E-state index contributed by atoms with van der Waals surface area (Å²) < 4.78 is 10.4. The summed E-state index contributed by atoms with van der Waals surface area (Å²) >= 11 is 0. The molecule has 1 fully saturated rings. The van der Waals surface area contributed by atoms with Crippen LogP contribution in [0.5, 0.6) is 5.88 Å². The normalized spacial score (nSPS) is 15.3. The summed E-state index contributed by atoms with van der Waals surface area (Å²) in [5.41, 5.74) is 1.16. The summed E-state index contributed by atoms with van der Waals surface area (Å²) in [6, 6.07) is 3.49. The maximum atomic E-state index is 12.2. The van der Waals surface area contributed by atoms with E-state index in [0.29, 0.717) is 37.9 Å². The Morgan fingerprint density at radius 1 is 1.44 bits per heavy atom. The molecule has 0 atom stereocenters. The second kappa shape index (κ2) is 5.68. The maximum absolute atomic E-state index is 12.2. The molecule has 0 aliphatic carbocycles. The number of nitrogens with one attached hydrogen (secondary N) is 1. The number of rotatable bonds is 3. The van der Waals surface area contributed by atoms with E-state index in [1.165, 1.54) is 7.11 Å². The quantitative estimate of drug-likeness (QED) is 0.852. The molecule has 1 aliphatic rings. The van der Waals surface area contributed by atoms with Crippen LogP contribution in [0.3, 0.4) is 0 Å². The molecule has 1 amide bonds. The van der Waals surface area contributed by atoms with Gasteiger partial charge >= 0.3 is 0 Å². The molecular formula is C12H17N3O3. The van der Waals surface area contributed by atoms with Gasteiger partial charge in [-0.3, -0.25) is 4.79 Å². The Balaban J connectivity index is 2.19. The largest absolute Gasteiger partial charge is 0.480 e. The first kappa shape index (κ1) is 12.6. The van der Waals surface area contributed by atoms with Crippen LogP contribution in [0.2, 0.25) is 0 Å². The van der Waals surface area contributed by atoms with Crippen LogP contribution in [0.4, 0.5) is 5.69 Å². The molecule has 2 rings (SSSR count). The van der Waals surface area contributed by atoms with Crippen LogP contribution < -0.4 is 10.1 Å². The number of ether oxygens (including phenoxy) is 2. The van der Waals surface area contributed by atoms with Crippen LogP contribution in [0.1, 0.15) is 10.5 Å². The van der Waals surface area contributed by atoms with Crippen molar-refractivity contribution in [2.75, 3.05) is 45.8 Å². The highest BCUT2D eigenvalue weighted by molar-refractivity contribution is 5.93. The number of anilines is 1. The number of pyridine rings is 1. The van der Waals surface area contributed by atoms with Crippen molar-refractivity contribution in [3.63, 3.8) is 0 Å². The van der Waals surface area contributed by atoms with Crippen molar-refractivity contribution in [3.8, 4) is 5.88 Å². The van der Waals surface area contributed by atoms with Crippen molar-refractivity contribution in [1.29, 1.82) is 0 Å². The molecule has 0 radical (unpaired) electrons. The number of nitrogens with zero attached hydrogens (tertiary/aromatic N) is 2. The fourth-order valence-electron chi connectivity index (χ4n) is 1.83. The molecule has 1 aromatic rings. The van der Waals surface area contributed by atoms with Crippen LogP contribution >= 0.6 is 0 Å². The molecule has 0 spiro atoms. The number of hydrogen-bond donors (Lipinski definition) is 1. The zero-order chi connectivity index (χ0) is 13.0. The number of carbonyl (C=O) groups is 1. The van der Waals surface area contributed by atoms with E-state index in [-0.39, 0.29) is 5.91 Å². The van der Waals surface area contributed by atoms with E-state index in [1.54, 1.807) is 24.1 Å². The summed E-state index contributed by atoms with van der Waals surface area (Å²) in [7, 11) is 3.31. The number of aromatic nitrogens is 1. The lowest BCUT2D eigenvalue weighted by molar-refractivity contribution is 0.0298. The van der Waals surface area contributed by atoms with Crippen molar-refractivity contribution in [2.45, 2.75) is 0 Å². The fraction of sp³-hybridized carbons (Fsp3) is 0.500.